The Kier molecular flexibility index (Phi) is 5.04. The van der Waals surface area contributed by atoms with Gasteiger partial charge >= 0.3 is 0 Å². The fourth-order valence-corrected chi connectivity index (χ4v) is 5.22. The highest BCUT2D eigenvalue weighted by atomic mass is 19.2. The van der Waals surface area contributed by atoms with Crippen LogP contribution in [-0.4, -0.2) is 73.0 Å². The van der Waals surface area contributed by atoms with Crippen molar-refractivity contribution in [1.82, 2.24) is 9.80 Å². The van der Waals surface area contributed by atoms with Gasteiger partial charge in [0.15, 0.2) is 11.6 Å². The lowest BCUT2D eigenvalue weighted by molar-refractivity contribution is -0.0155. The van der Waals surface area contributed by atoms with Crippen LogP contribution in [0.2, 0.25) is 0 Å². The van der Waals surface area contributed by atoms with E-state index >= 15 is 0 Å². The van der Waals surface area contributed by atoms with E-state index in [0.29, 0.717) is 30.7 Å². The minimum absolute atomic E-state index is 0.00152. The van der Waals surface area contributed by atoms with Crippen molar-refractivity contribution in [1.29, 1.82) is 0 Å². The first-order valence-corrected chi connectivity index (χ1v) is 9.31. The Morgan fingerprint density at radius 1 is 1.12 bits per heavy atom. The van der Waals surface area contributed by atoms with Crippen LogP contribution < -0.4 is 0 Å². The summed E-state index contributed by atoms with van der Waals surface area (Å²) in [6.45, 7) is 4.58. The van der Waals surface area contributed by atoms with Crippen molar-refractivity contribution < 1.29 is 18.6 Å². The van der Waals surface area contributed by atoms with Crippen LogP contribution in [0.3, 0.4) is 0 Å². The number of aliphatic hydroxyl groups is 1. The predicted octanol–water partition coefficient (Wildman–Crippen LogP) is 1.84. The Labute approximate surface area is 147 Å². The van der Waals surface area contributed by atoms with Gasteiger partial charge in [-0.25, -0.2) is 8.78 Å². The van der Waals surface area contributed by atoms with Crippen LogP contribution in [0.5, 0.6) is 0 Å². The van der Waals surface area contributed by atoms with Crippen molar-refractivity contribution in [3.63, 3.8) is 0 Å². The van der Waals surface area contributed by atoms with Gasteiger partial charge in [-0.05, 0) is 43.5 Å². The third kappa shape index (κ3) is 3.10. The maximum Gasteiger partial charge on any atom is 0.162 e. The summed E-state index contributed by atoms with van der Waals surface area (Å²) in [5.41, 5.74) is 0.515. The van der Waals surface area contributed by atoms with Crippen LogP contribution in [0.1, 0.15) is 24.3 Å². The van der Waals surface area contributed by atoms with Gasteiger partial charge in [0.05, 0.1) is 19.8 Å². The third-order valence-corrected chi connectivity index (χ3v) is 6.23. The second kappa shape index (κ2) is 7.27. The Balaban J connectivity index is 1.58. The Morgan fingerprint density at radius 3 is 2.68 bits per heavy atom. The molecule has 4 fully saturated rings. The van der Waals surface area contributed by atoms with Gasteiger partial charge in [-0.3, -0.25) is 9.80 Å². The van der Waals surface area contributed by atoms with Crippen molar-refractivity contribution in [2.24, 2.45) is 5.92 Å². The SMILES string of the molecule is OCCOCCN1C[C@H](c2cccc(F)c2F)[C@H]2[C@@H]1C1CCN2CC1. The first-order chi connectivity index (χ1) is 12.2. The third-order valence-electron chi connectivity index (χ3n) is 6.23. The summed E-state index contributed by atoms with van der Waals surface area (Å²) in [5, 5.41) is 8.86. The second-order valence-corrected chi connectivity index (χ2v) is 7.44. The minimum atomic E-state index is -0.755. The summed E-state index contributed by atoms with van der Waals surface area (Å²) in [6.07, 6.45) is 2.38. The molecule has 1 aromatic carbocycles. The molecular weight excluding hydrogens is 326 g/mol. The zero-order chi connectivity index (χ0) is 17.4. The molecule has 0 aliphatic carbocycles. The van der Waals surface area contributed by atoms with E-state index in [0.717, 1.165) is 26.2 Å². The molecule has 25 heavy (non-hydrogen) atoms. The van der Waals surface area contributed by atoms with Gasteiger partial charge in [-0.2, -0.15) is 0 Å². The van der Waals surface area contributed by atoms with Crippen molar-refractivity contribution in [3.8, 4) is 0 Å². The number of likely N-dealkylation sites (tertiary alicyclic amines) is 1. The number of hydrogen-bond donors (Lipinski definition) is 1. The smallest absolute Gasteiger partial charge is 0.162 e. The Hall–Kier alpha value is -1.08. The average Bonchev–Trinajstić information content (AvgIpc) is 3.04. The first kappa shape index (κ1) is 17.3. The summed E-state index contributed by atoms with van der Waals surface area (Å²) < 4.78 is 33.7. The number of fused-ring (bicyclic) bond motifs is 2. The highest BCUT2D eigenvalue weighted by molar-refractivity contribution is 5.29. The lowest BCUT2D eigenvalue weighted by Crippen LogP contribution is -2.60. The van der Waals surface area contributed by atoms with E-state index in [-0.39, 0.29) is 18.6 Å². The summed E-state index contributed by atoms with van der Waals surface area (Å²) in [6, 6.07) is 5.22. The number of nitrogens with zero attached hydrogens (tertiary/aromatic N) is 2. The van der Waals surface area contributed by atoms with E-state index in [1.54, 1.807) is 12.1 Å². The second-order valence-electron chi connectivity index (χ2n) is 7.44. The molecule has 4 nitrogen and oxygen atoms in total. The molecule has 0 saturated carbocycles. The summed E-state index contributed by atoms with van der Waals surface area (Å²) >= 11 is 0. The molecule has 3 atom stereocenters. The number of aliphatic hydroxyl groups excluding tert-OH is 1. The highest BCUT2D eigenvalue weighted by Crippen LogP contribution is 2.46. The Morgan fingerprint density at radius 2 is 1.92 bits per heavy atom. The molecule has 138 valence electrons. The van der Waals surface area contributed by atoms with E-state index < -0.39 is 11.6 Å². The standard InChI is InChI=1S/C19H26F2N2O2/c20-16-3-1-2-14(17(16)21)15-12-23(8-10-25-11-9-24)18-13-4-6-22(7-5-13)19(15)18/h1-3,13,15,18-19,24H,4-12H2/t15-,18+,19+/m1/s1. The van der Waals surface area contributed by atoms with E-state index in [1.165, 1.54) is 18.9 Å². The summed E-state index contributed by atoms with van der Waals surface area (Å²) in [4.78, 5) is 4.89. The molecule has 0 aromatic heterocycles. The molecule has 6 heteroatoms. The van der Waals surface area contributed by atoms with Crippen molar-refractivity contribution in [2.45, 2.75) is 30.8 Å². The molecule has 0 unspecified atom stereocenters. The topological polar surface area (TPSA) is 35.9 Å². The van der Waals surface area contributed by atoms with Gasteiger partial charge in [0.25, 0.3) is 0 Å². The molecule has 5 rings (SSSR count). The molecule has 0 spiro atoms. The van der Waals surface area contributed by atoms with E-state index in [9.17, 15) is 8.78 Å². The fourth-order valence-electron chi connectivity index (χ4n) is 5.22. The molecular formula is C19H26F2N2O2. The van der Waals surface area contributed by atoms with Crippen LogP contribution in [0.4, 0.5) is 8.78 Å². The molecule has 4 aliphatic rings. The first-order valence-electron chi connectivity index (χ1n) is 9.31. The lowest BCUT2D eigenvalue weighted by atomic mass is 9.75. The Bertz CT molecular complexity index is 607. The number of rotatable bonds is 6. The van der Waals surface area contributed by atoms with Crippen molar-refractivity contribution in [2.75, 3.05) is 46.0 Å². The number of piperidine rings is 3. The molecule has 4 heterocycles. The molecule has 4 saturated heterocycles. The maximum atomic E-state index is 14.5. The van der Waals surface area contributed by atoms with Crippen LogP contribution >= 0.6 is 0 Å². The maximum absolute atomic E-state index is 14.5. The monoisotopic (exact) mass is 352 g/mol. The zero-order valence-electron chi connectivity index (χ0n) is 14.4. The van der Waals surface area contributed by atoms with Gasteiger partial charge in [-0.15, -0.1) is 0 Å². The molecule has 1 aromatic rings. The van der Waals surface area contributed by atoms with Gasteiger partial charge < -0.3 is 9.84 Å². The lowest BCUT2D eigenvalue weighted by Gasteiger charge is -2.51. The van der Waals surface area contributed by atoms with Crippen LogP contribution in [0.15, 0.2) is 18.2 Å². The number of halogens is 2. The molecule has 1 N–H and O–H groups in total. The fraction of sp³-hybridized carbons (Fsp3) is 0.684. The average molecular weight is 352 g/mol. The zero-order valence-corrected chi connectivity index (χ0v) is 14.4. The van der Waals surface area contributed by atoms with Crippen LogP contribution in [-0.2, 0) is 4.74 Å². The predicted molar refractivity (Wildman–Crippen MR) is 90.4 cm³/mol. The number of hydrogen-bond acceptors (Lipinski definition) is 4. The summed E-state index contributed by atoms with van der Waals surface area (Å²) in [7, 11) is 0. The van der Waals surface area contributed by atoms with E-state index in [2.05, 4.69) is 9.80 Å². The quantitative estimate of drug-likeness (QED) is 0.793. The molecule has 0 radical (unpaired) electrons. The normalized spacial score (nSPS) is 34.4. The van der Waals surface area contributed by atoms with E-state index in [4.69, 9.17) is 9.84 Å². The van der Waals surface area contributed by atoms with Gasteiger partial charge in [0.2, 0.25) is 0 Å². The molecule has 4 aliphatic heterocycles. The van der Waals surface area contributed by atoms with Crippen molar-refractivity contribution in [3.05, 3.63) is 35.4 Å². The van der Waals surface area contributed by atoms with Crippen LogP contribution in [0, 0.1) is 17.6 Å². The summed E-state index contributed by atoms with van der Waals surface area (Å²) in [5.74, 6) is -0.807. The number of benzene rings is 1. The van der Waals surface area contributed by atoms with Gasteiger partial charge in [0.1, 0.15) is 0 Å². The number of ether oxygens (including phenoxy) is 1. The van der Waals surface area contributed by atoms with Crippen LogP contribution in [0.25, 0.3) is 0 Å². The highest BCUT2D eigenvalue weighted by Gasteiger charge is 2.53. The van der Waals surface area contributed by atoms with Gasteiger partial charge in [-0.1, -0.05) is 12.1 Å². The van der Waals surface area contributed by atoms with Gasteiger partial charge in [0, 0.05) is 31.1 Å². The minimum Gasteiger partial charge on any atom is -0.394 e. The molecule has 2 bridgehead atoms. The molecule has 0 amide bonds. The van der Waals surface area contributed by atoms with Crippen molar-refractivity contribution >= 4 is 0 Å². The largest absolute Gasteiger partial charge is 0.394 e. The van der Waals surface area contributed by atoms with E-state index in [1.807, 2.05) is 0 Å².